The molecule has 0 unspecified atom stereocenters. The summed E-state index contributed by atoms with van der Waals surface area (Å²) in [6, 6.07) is 24.9. The van der Waals surface area contributed by atoms with E-state index in [1.807, 2.05) is 97.9 Å². The van der Waals surface area contributed by atoms with Crippen molar-refractivity contribution in [2.75, 3.05) is 36.6 Å². The van der Waals surface area contributed by atoms with E-state index in [1.54, 1.807) is 0 Å². The predicted molar refractivity (Wildman–Crippen MR) is 126 cm³/mol. The van der Waals surface area contributed by atoms with Crippen molar-refractivity contribution in [2.45, 2.75) is 0 Å². The Kier molecular flexibility index (Phi) is 5.82. The van der Waals surface area contributed by atoms with Gasteiger partial charge >= 0.3 is 0 Å². The van der Waals surface area contributed by atoms with Crippen LogP contribution in [-0.2, 0) is 9.59 Å². The van der Waals surface area contributed by atoms with E-state index in [1.165, 1.54) is 0 Å². The zero-order chi connectivity index (χ0) is 21.8. The van der Waals surface area contributed by atoms with Crippen LogP contribution >= 0.6 is 0 Å². The molecule has 3 aromatic carbocycles. The number of fused-ring (bicyclic) bond motifs is 1. The number of benzene rings is 3. The molecule has 0 saturated carbocycles. The van der Waals surface area contributed by atoms with Gasteiger partial charge < -0.3 is 20.9 Å². The number of carbonyl (C=O) groups excluding carboxylic acids is 2. The van der Waals surface area contributed by atoms with E-state index in [2.05, 4.69) is 16.0 Å². The van der Waals surface area contributed by atoms with Gasteiger partial charge in [-0.25, -0.2) is 0 Å². The predicted octanol–water partition coefficient (Wildman–Crippen LogP) is 4.12. The third-order valence-electron chi connectivity index (χ3n) is 4.88. The van der Waals surface area contributed by atoms with Crippen LogP contribution in [0.5, 0.6) is 0 Å². The number of hydrogen-bond donors (Lipinski definition) is 3. The van der Waals surface area contributed by atoms with Crippen molar-refractivity contribution in [3.63, 3.8) is 0 Å². The van der Waals surface area contributed by atoms with Crippen LogP contribution in [0.3, 0.4) is 0 Å². The van der Waals surface area contributed by atoms with Crippen LogP contribution < -0.4 is 16.0 Å². The highest BCUT2D eigenvalue weighted by Gasteiger charge is 2.28. The van der Waals surface area contributed by atoms with Gasteiger partial charge in [0.25, 0.3) is 5.91 Å². The van der Waals surface area contributed by atoms with Crippen LogP contribution in [-0.4, -0.2) is 37.4 Å². The normalized spacial score (nSPS) is 14.1. The molecule has 6 nitrogen and oxygen atoms in total. The molecule has 0 aromatic heterocycles. The Morgan fingerprint density at radius 3 is 2.13 bits per heavy atom. The molecule has 0 bridgehead atoms. The average Bonchev–Trinajstić information content (AvgIpc) is 3.09. The molecule has 1 heterocycles. The number of amides is 2. The SMILES string of the molecule is CN(C)CC(=O)Nc1ccc(N/C(=C2\C(=O)Nc3ccccc32)c2ccccc2)cc1. The summed E-state index contributed by atoms with van der Waals surface area (Å²) in [5.41, 5.74) is 5.44. The Hall–Kier alpha value is -3.90. The number of rotatable bonds is 6. The van der Waals surface area contributed by atoms with E-state index < -0.39 is 0 Å². The van der Waals surface area contributed by atoms with Crippen LogP contribution in [0.4, 0.5) is 17.1 Å². The van der Waals surface area contributed by atoms with Crippen molar-refractivity contribution in [3.05, 3.63) is 90.0 Å². The van der Waals surface area contributed by atoms with E-state index in [0.29, 0.717) is 12.1 Å². The number of nitrogens with one attached hydrogen (secondary N) is 3. The number of anilines is 3. The number of para-hydroxylation sites is 1. The van der Waals surface area contributed by atoms with Gasteiger partial charge in [-0.05, 0) is 50.0 Å². The fourth-order valence-electron chi connectivity index (χ4n) is 3.52. The minimum atomic E-state index is -0.139. The second kappa shape index (κ2) is 8.85. The first-order valence-electron chi connectivity index (χ1n) is 10.0. The molecule has 0 saturated heterocycles. The highest BCUT2D eigenvalue weighted by Crippen LogP contribution is 2.37. The molecule has 2 amide bonds. The maximum absolute atomic E-state index is 12.8. The molecule has 0 radical (unpaired) electrons. The standard InChI is InChI=1S/C25H24N4O2/c1-29(2)16-22(30)26-18-12-14-19(15-13-18)27-24(17-8-4-3-5-9-17)23-20-10-6-7-11-21(20)28-25(23)31/h3-15,27H,16H2,1-2H3,(H,26,30)(H,28,31)/b24-23-. The third kappa shape index (κ3) is 4.65. The lowest BCUT2D eigenvalue weighted by atomic mass is 10.00. The smallest absolute Gasteiger partial charge is 0.258 e. The van der Waals surface area contributed by atoms with Gasteiger partial charge in [0.1, 0.15) is 0 Å². The van der Waals surface area contributed by atoms with Crippen LogP contribution in [0.2, 0.25) is 0 Å². The summed E-state index contributed by atoms with van der Waals surface area (Å²) in [6.45, 7) is 0.318. The van der Waals surface area contributed by atoms with Gasteiger partial charge in [-0.1, -0.05) is 48.5 Å². The molecule has 1 aliphatic rings. The Balaban J connectivity index is 1.66. The molecule has 1 aliphatic heterocycles. The van der Waals surface area contributed by atoms with Gasteiger partial charge in [0.2, 0.25) is 5.91 Å². The molecule has 0 fully saturated rings. The highest BCUT2D eigenvalue weighted by atomic mass is 16.2. The van der Waals surface area contributed by atoms with Gasteiger partial charge in [-0.15, -0.1) is 0 Å². The molecule has 3 N–H and O–H groups in total. The zero-order valence-electron chi connectivity index (χ0n) is 17.5. The van der Waals surface area contributed by atoms with Gasteiger partial charge in [-0.2, -0.15) is 0 Å². The number of nitrogens with zero attached hydrogens (tertiary/aromatic N) is 1. The first-order valence-corrected chi connectivity index (χ1v) is 10.0. The molecule has 4 rings (SSSR count). The Labute approximate surface area is 181 Å². The van der Waals surface area contributed by atoms with E-state index in [4.69, 9.17) is 0 Å². The molecule has 3 aromatic rings. The van der Waals surface area contributed by atoms with E-state index >= 15 is 0 Å². The van der Waals surface area contributed by atoms with Gasteiger partial charge in [0.05, 0.1) is 17.8 Å². The van der Waals surface area contributed by atoms with Gasteiger partial charge in [0.15, 0.2) is 0 Å². The van der Waals surface area contributed by atoms with Crippen LogP contribution in [0.15, 0.2) is 78.9 Å². The summed E-state index contributed by atoms with van der Waals surface area (Å²) in [5.74, 6) is -0.211. The quantitative estimate of drug-likeness (QED) is 0.533. The number of carbonyl (C=O) groups is 2. The van der Waals surface area contributed by atoms with E-state index in [-0.39, 0.29) is 11.8 Å². The van der Waals surface area contributed by atoms with Crippen molar-refractivity contribution < 1.29 is 9.59 Å². The highest BCUT2D eigenvalue weighted by molar-refractivity contribution is 6.37. The Morgan fingerprint density at radius 1 is 0.839 bits per heavy atom. The summed E-state index contributed by atoms with van der Waals surface area (Å²) in [7, 11) is 3.70. The first-order chi connectivity index (χ1) is 15.0. The van der Waals surface area contributed by atoms with E-state index in [0.717, 1.165) is 33.9 Å². The summed E-state index contributed by atoms with van der Waals surface area (Å²) >= 11 is 0. The summed E-state index contributed by atoms with van der Waals surface area (Å²) < 4.78 is 0. The molecular formula is C25H24N4O2. The second-order valence-electron chi connectivity index (χ2n) is 7.60. The molecule has 31 heavy (non-hydrogen) atoms. The van der Waals surface area contributed by atoms with Gasteiger partial charge in [-0.3, -0.25) is 9.59 Å². The minimum absolute atomic E-state index is 0.0722. The molecular weight excluding hydrogens is 388 g/mol. The lowest BCUT2D eigenvalue weighted by molar-refractivity contribution is -0.116. The van der Waals surface area contributed by atoms with Crippen molar-refractivity contribution in [3.8, 4) is 0 Å². The summed E-state index contributed by atoms with van der Waals surface area (Å²) in [4.78, 5) is 26.6. The zero-order valence-corrected chi connectivity index (χ0v) is 17.5. The molecule has 0 aliphatic carbocycles. The maximum atomic E-state index is 12.8. The van der Waals surface area contributed by atoms with Crippen LogP contribution in [0.25, 0.3) is 11.3 Å². The van der Waals surface area contributed by atoms with E-state index in [9.17, 15) is 9.59 Å². The minimum Gasteiger partial charge on any atom is -0.354 e. The van der Waals surface area contributed by atoms with Crippen molar-refractivity contribution in [2.24, 2.45) is 0 Å². The Morgan fingerprint density at radius 2 is 1.45 bits per heavy atom. The fourth-order valence-corrected chi connectivity index (χ4v) is 3.52. The number of hydrogen-bond acceptors (Lipinski definition) is 4. The molecule has 156 valence electrons. The van der Waals surface area contributed by atoms with Gasteiger partial charge in [0, 0.05) is 22.6 Å². The second-order valence-corrected chi connectivity index (χ2v) is 7.60. The molecule has 0 atom stereocenters. The molecule has 0 spiro atoms. The van der Waals surface area contributed by atoms with Crippen molar-refractivity contribution in [1.82, 2.24) is 4.90 Å². The third-order valence-corrected chi connectivity index (χ3v) is 4.88. The maximum Gasteiger partial charge on any atom is 0.258 e. The van der Waals surface area contributed by atoms with Crippen molar-refractivity contribution in [1.29, 1.82) is 0 Å². The number of likely N-dealkylation sites (N-methyl/N-ethyl adjacent to an activating group) is 1. The largest absolute Gasteiger partial charge is 0.354 e. The monoisotopic (exact) mass is 412 g/mol. The lowest BCUT2D eigenvalue weighted by Gasteiger charge is -2.15. The average molecular weight is 412 g/mol. The lowest BCUT2D eigenvalue weighted by Crippen LogP contribution is -2.27. The summed E-state index contributed by atoms with van der Waals surface area (Å²) in [6.07, 6.45) is 0. The fraction of sp³-hybridized carbons (Fsp3) is 0.120. The van der Waals surface area contributed by atoms with Crippen molar-refractivity contribution >= 4 is 40.1 Å². The molecule has 6 heteroatoms. The Bertz CT molecular complexity index is 1140. The first kappa shape index (κ1) is 20.4. The topological polar surface area (TPSA) is 73.5 Å². The van der Waals surface area contributed by atoms with Crippen LogP contribution in [0, 0.1) is 0 Å². The summed E-state index contributed by atoms with van der Waals surface area (Å²) in [5, 5.41) is 9.24. The van der Waals surface area contributed by atoms with Crippen LogP contribution in [0.1, 0.15) is 11.1 Å².